The normalized spacial score (nSPS) is 11.9. The maximum atomic E-state index is 13.7. The molecule has 10 nitrogen and oxygen atoms in total. The van der Waals surface area contributed by atoms with E-state index in [2.05, 4.69) is 20.1 Å². The molecule has 36 heavy (non-hydrogen) atoms. The minimum atomic E-state index is -4.78. The van der Waals surface area contributed by atoms with Crippen LogP contribution in [0.5, 0.6) is 0 Å². The number of alkyl halides is 3. The number of aryl methyl sites for hydroxylation is 1. The van der Waals surface area contributed by atoms with Crippen LogP contribution in [-0.4, -0.2) is 38.8 Å². The quantitative estimate of drug-likeness (QED) is 0.383. The van der Waals surface area contributed by atoms with Crippen molar-refractivity contribution in [2.45, 2.75) is 19.3 Å². The summed E-state index contributed by atoms with van der Waals surface area (Å²) in [5.41, 5.74) is 5.04. The van der Waals surface area contributed by atoms with Crippen LogP contribution in [0.1, 0.15) is 17.2 Å². The Labute approximate surface area is 201 Å². The molecule has 0 saturated heterocycles. The number of benzene rings is 1. The number of pyridine rings is 1. The van der Waals surface area contributed by atoms with Gasteiger partial charge in [-0.15, -0.1) is 5.10 Å². The Hall–Kier alpha value is -4.52. The summed E-state index contributed by atoms with van der Waals surface area (Å²) in [5.74, 6) is 0.346. The standard InChI is InChI=1S/C23H19F3N8O2/c1-32-8-7-28-17(32)11-33-22(36)34-20(31-33)18(19(30-21(34)27)13-5-3-2-4-6-13)14-9-15(12-35)29-16(10-14)23(24,25)26/h2-10,35H,11-12H2,1H3,(H2,27,30). The van der Waals surface area contributed by atoms with E-state index in [9.17, 15) is 23.1 Å². The third-order valence-electron chi connectivity index (χ3n) is 5.63. The Kier molecular flexibility index (Phi) is 5.55. The molecule has 0 amide bonds. The molecule has 3 N–H and O–H groups in total. The van der Waals surface area contributed by atoms with E-state index in [0.717, 1.165) is 15.1 Å². The number of nitrogens with two attached hydrogens (primary N) is 1. The highest BCUT2D eigenvalue weighted by molar-refractivity contribution is 5.90. The number of aliphatic hydroxyl groups is 1. The molecule has 1 aromatic carbocycles. The number of aromatic nitrogens is 7. The van der Waals surface area contributed by atoms with Crippen LogP contribution in [0.2, 0.25) is 0 Å². The zero-order valence-electron chi connectivity index (χ0n) is 18.8. The number of imidazole rings is 1. The third-order valence-corrected chi connectivity index (χ3v) is 5.63. The van der Waals surface area contributed by atoms with Gasteiger partial charge < -0.3 is 15.4 Å². The van der Waals surface area contributed by atoms with Gasteiger partial charge in [-0.25, -0.2) is 28.8 Å². The molecule has 0 radical (unpaired) electrons. The van der Waals surface area contributed by atoms with Gasteiger partial charge in [0.15, 0.2) is 5.65 Å². The first-order chi connectivity index (χ1) is 17.2. The molecule has 0 bridgehead atoms. The van der Waals surface area contributed by atoms with Crippen LogP contribution in [0, 0.1) is 0 Å². The first-order valence-electron chi connectivity index (χ1n) is 10.7. The highest BCUT2D eigenvalue weighted by Gasteiger charge is 2.34. The Morgan fingerprint density at radius 2 is 1.83 bits per heavy atom. The van der Waals surface area contributed by atoms with Crippen molar-refractivity contribution in [1.29, 1.82) is 0 Å². The SMILES string of the molecule is Cn1ccnc1Cn1nc2c(-c3cc(CO)nc(C(F)(F)F)c3)c(-c3ccccc3)nc(N)n2c1=O. The Bertz CT molecular complexity index is 1640. The number of anilines is 1. The highest BCUT2D eigenvalue weighted by Crippen LogP contribution is 2.37. The summed E-state index contributed by atoms with van der Waals surface area (Å²) in [6, 6.07) is 10.8. The van der Waals surface area contributed by atoms with Gasteiger partial charge in [-0.3, -0.25) is 0 Å². The molecule has 13 heteroatoms. The van der Waals surface area contributed by atoms with Crippen LogP contribution in [0.25, 0.3) is 28.0 Å². The van der Waals surface area contributed by atoms with Crippen LogP contribution in [-0.2, 0) is 26.4 Å². The fraction of sp³-hybridized carbons (Fsp3) is 0.174. The van der Waals surface area contributed by atoms with Crippen LogP contribution in [0.4, 0.5) is 19.1 Å². The van der Waals surface area contributed by atoms with Gasteiger partial charge in [0.1, 0.15) is 18.1 Å². The molecular weight excluding hydrogens is 477 g/mol. The van der Waals surface area contributed by atoms with Crippen molar-refractivity contribution in [3.63, 3.8) is 0 Å². The molecule has 0 unspecified atom stereocenters. The van der Waals surface area contributed by atoms with E-state index >= 15 is 0 Å². The fourth-order valence-electron chi connectivity index (χ4n) is 3.92. The Balaban J connectivity index is 1.86. The van der Waals surface area contributed by atoms with E-state index in [0.29, 0.717) is 11.4 Å². The lowest BCUT2D eigenvalue weighted by atomic mass is 9.99. The lowest BCUT2D eigenvalue weighted by molar-refractivity contribution is -0.141. The Morgan fingerprint density at radius 1 is 1.08 bits per heavy atom. The molecule has 5 rings (SSSR count). The van der Waals surface area contributed by atoms with Crippen LogP contribution in [0.15, 0.2) is 59.7 Å². The summed E-state index contributed by atoms with van der Waals surface area (Å²) >= 11 is 0. The maximum Gasteiger partial charge on any atom is 0.433 e. The molecule has 4 heterocycles. The van der Waals surface area contributed by atoms with Crippen molar-refractivity contribution in [3.8, 4) is 22.4 Å². The minimum absolute atomic E-state index is 0.00350. The largest absolute Gasteiger partial charge is 0.433 e. The number of hydrogen-bond donors (Lipinski definition) is 2. The second kappa shape index (κ2) is 8.61. The zero-order chi connectivity index (χ0) is 25.6. The summed E-state index contributed by atoms with van der Waals surface area (Å²) in [4.78, 5) is 25.3. The van der Waals surface area contributed by atoms with E-state index < -0.39 is 24.2 Å². The number of rotatable bonds is 5. The number of nitrogens with zero attached hydrogens (tertiary/aromatic N) is 7. The van der Waals surface area contributed by atoms with Crippen molar-refractivity contribution < 1.29 is 18.3 Å². The molecule has 0 aliphatic heterocycles. The molecule has 4 aromatic heterocycles. The molecule has 184 valence electrons. The molecule has 0 spiro atoms. The van der Waals surface area contributed by atoms with Crippen molar-refractivity contribution in [2.24, 2.45) is 7.05 Å². The predicted octanol–water partition coefficient (Wildman–Crippen LogP) is 2.50. The molecule has 0 atom stereocenters. The smallest absolute Gasteiger partial charge is 0.390 e. The minimum Gasteiger partial charge on any atom is -0.390 e. The van der Waals surface area contributed by atoms with Crippen molar-refractivity contribution in [1.82, 2.24) is 33.7 Å². The first kappa shape index (κ1) is 23.2. The maximum absolute atomic E-state index is 13.7. The Morgan fingerprint density at radius 3 is 2.47 bits per heavy atom. The summed E-state index contributed by atoms with van der Waals surface area (Å²) in [5, 5.41) is 14.0. The van der Waals surface area contributed by atoms with Gasteiger partial charge in [-0.2, -0.15) is 13.2 Å². The number of nitrogen functional groups attached to an aromatic ring is 1. The summed E-state index contributed by atoms with van der Waals surface area (Å²) < 4.78 is 44.8. The summed E-state index contributed by atoms with van der Waals surface area (Å²) in [6.45, 7) is -0.730. The number of halogens is 3. The third kappa shape index (κ3) is 3.98. The van der Waals surface area contributed by atoms with Gasteiger partial charge in [-0.05, 0) is 17.7 Å². The van der Waals surface area contributed by atoms with Crippen molar-refractivity contribution in [3.05, 3.63) is 82.6 Å². The average molecular weight is 496 g/mol. The number of aliphatic hydroxyl groups excluding tert-OH is 1. The van der Waals surface area contributed by atoms with E-state index in [1.807, 2.05) is 0 Å². The van der Waals surface area contributed by atoms with Gasteiger partial charge in [0, 0.05) is 25.0 Å². The zero-order valence-corrected chi connectivity index (χ0v) is 18.8. The summed E-state index contributed by atoms with van der Waals surface area (Å²) in [6.07, 6.45) is -1.50. The second-order valence-corrected chi connectivity index (χ2v) is 8.00. The lowest BCUT2D eigenvalue weighted by Crippen LogP contribution is -2.24. The molecule has 0 saturated carbocycles. The summed E-state index contributed by atoms with van der Waals surface area (Å²) in [7, 11) is 1.75. The van der Waals surface area contributed by atoms with Gasteiger partial charge in [0.2, 0.25) is 5.95 Å². The van der Waals surface area contributed by atoms with Crippen LogP contribution < -0.4 is 11.4 Å². The van der Waals surface area contributed by atoms with E-state index in [4.69, 9.17) is 5.73 Å². The van der Waals surface area contributed by atoms with E-state index in [-0.39, 0.29) is 40.7 Å². The van der Waals surface area contributed by atoms with Crippen LogP contribution >= 0.6 is 0 Å². The molecule has 0 fully saturated rings. The monoisotopic (exact) mass is 496 g/mol. The first-order valence-corrected chi connectivity index (χ1v) is 10.7. The van der Waals surface area contributed by atoms with E-state index in [1.165, 1.54) is 6.07 Å². The molecule has 5 aromatic rings. The topological polar surface area (TPSA) is 129 Å². The van der Waals surface area contributed by atoms with Gasteiger partial charge in [-0.1, -0.05) is 30.3 Å². The molecule has 0 aliphatic carbocycles. The molecule has 0 aliphatic rings. The number of hydrogen-bond acceptors (Lipinski definition) is 7. The predicted molar refractivity (Wildman–Crippen MR) is 124 cm³/mol. The average Bonchev–Trinajstić information content (AvgIpc) is 3.41. The van der Waals surface area contributed by atoms with Crippen molar-refractivity contribution in [2.75, 3.05) is 5.73 Å². The van der Waals surface area contributed by atoms with E-state index in [1.54, 1.807) is 54.3 Å². The van der Waals surface area contributed by atoms with Gasteiger partial charge >= 0.3 is 11.9 Å². The lowest BCUT2D eigenvalue weighted by Gasteiger charge is -2.14. The fourth-order valence-corrected chi connectivity index (χ4v) is 3.92. The second-order valence-electron chi connectivity index (χ2n) is 8.00. The number of fused-ring (bicyclic) bond motifs is 1. The van der Waals surface area contributed by atoms with Crippen molar-refractivity contribution >= 4 is 11.6 Å². The highest BCUT2D eigenvalue weighted by atomic mass is 19.4. The van der Waals surface area contributed by atoms with Crippen LogP contribution in [0.3, 0.4) is 0 Å². The van der Waals surface area contributed by atoms with Gasteiger partial charge in [0.25, 0.3) is 0 Å². The van der Waals surface area contributed by atoms with Gasteiger partial charge in [0.05, 0.1) is 23.6 Å². The molecular formula is C23H19F3N8O2.